The minimum absolute atomic E-state index is 0.102. The smallest absolute Gasteiger partial charge is 0.187 e. The Morgan fingerprint density at radius 1 is 0.903 bits per heavy atom. The van der Waals surface area contributed by atoms with Gasteiger partial charge in [-0.2, -0.15) is 6.57 Å². The first-order chi connectivity index (χ1) is 15.3. The Morgan fingerprint density at radius 3 is 2.65 bits per heavy atom. The normalized spacial score (nSPS) is 20.4. The average Bonchev–Trinajstić information content (AvgIpc) is 2.83. The number of fused-ring (bicyclic) bond motifs is 2. The van der Waals surface area contributed by atoms with Crippen molar-refractivity contribution in [2.75, 3.05) is 6.61 Å². The third-order valence-electron chi connectivity index (χ3n) is 5.90. The molecule has 0 spiro atoms. The fourth-order valence-electron chi connectivity index (χ4n) is 4.43. The highest BCUT2D eigenvalue weighted by Crippen LogP contribution is 2.42. The Morgan fingerprint density at radius 2 is 1.77 bits per heavy atom. The second-order valence-electron chi connectivity index (χ2n) is 7.66. The standard InChI is InChI=1S/C26H19N3O2/c1-27-19-7-5-6-17(14-19)18-10-11-25-22(15-18)23(29-28-2)16-26(31-25)21-12-13-30-24-9-4-3-8-20(21)24/h3-11,14-15,21,26H,12-13,16H2/b29-23-. The van der Waals surface area contributed by atoms with Crippen LogP contribution in [0.5, 0.6) is 11.5 Å². The van der Waals surface area contributed by atoms with E-state index < -0.39 is 0 Å². The molecule has 0 bridgehead atoms. The van der Waals surface area contributed by atoms with Crippen molar-refractivity contribution in [3.8, 4) is 22.6 Å². The number of benzene rings is 3. The van der Waals surface area contributed by atoms with Crippen LogP contribution >= 0.6 is 0 Å². The number of rotatable bonds is 2. The van der Waals surface area contributed by atoms with Crippen molar-refractivity contribution in [1.29, 1.82) is 0 Å². The van der Waals surface area contributed by atoms with E-state index in [1.165, 1.54) is 0 Å². The number of nitrogens with zero attached hydrogens (tertiary/aromatic N) is 3. The second-order valence-corrected chi connectivity index (χ2v) is 7.66. The van der Waals surface area contributed by atoms with E-state index in [2.05, 4.69) is 21.0 Å². The van der Waals surface area contributed by atoms with Gasteiger partial charge in [0.25, 0.3) is 0 Å². The zero-order chi connectivity index (χ0) is 21.2. The lowest BCUT2D eigenvalue weighted by Crippen LogP contribution is -2.35. The van der Waals surface area contributed by atoms with Crippen LogP contribution in [0.2, 0.25) is 0 Å². The quantitative estimate of drug-likeness (QED) is 0.374. The summed E-state index contributed by atoms with van der Waals surface area (Å²) in [5.41, 5.74) is 5.27. The molecule has 0 fully saturated rings. The van der Waals surface area contributed by atoms with Crippen molar-refractivity contribution in [3.05, 3.63) is 101 Å². The van der Waals surface area contributed by atoms with Gasteiger partial charge in [-0.25, -0.2) is 4.85 Å². The van der Waals surface area contributed by atoms with Gasteiger partial charge in [-0.05, 0) is 41.8 Å². The molecule has 150 valence electrons. The van der Waals surface area contributed by atoms with Crippen LogP contribution in [0.25, 0.3) is 20.9 Å². The molecule has 31 heavy (non-hydrogen) atoms. The Balaban J connectivity index is 1.52. The molecule has 2 atom stereocenters. The minimum atomic E-state index is -0.102. The third kappa shape index (κ3) is 3.52. The summed E-state index contributed by atoms with van der Waals surface area (Å²) in [5, 5.41) is 4.14. The number of ether oxygens (including phenoxy) is 2. The molecule has 3 aromatic rings. The van der Waals surface area contributed by atoms with Gasteiger partial charge in [-0.3, -0.25) is 0 Å². The summed E-state index contributed by atoms with van der Waals surface area (Å²) in [6, 6.07) is 21.6. The maximum Gasteiger partial charge on any atom is 0.187 e. The Bertz CT molecular complexity index is 1270. The highest BCUT2D eigenvalue weighted by molar-refractivity contribution is 6.05. The molecule has 2 unspecified atom stereocenters. The van der Waals surface area contributed by atoms with E-state index in [0.29, 0.717) is 18.7 Å². The number of para-hydroxylation sites is 1. The van der Waals surface area contributed by atoms with Gasteiger partial charge < -0.3 is 9.47 Å². The van der Waals surface area contributed by atoms with Gasteiger partial charge in [-0.15, -0.1) is 4.95 Å². The zero-order valence-electron chi connectivity index (χ0n) is 16.8. The van der Waals surface area contributed by atoms with E-state index in [1.807, 2.05) is 54.6 Å². The molecule has 0 radical (unpaired) electrons. The average molecular weight is 405 g/mol. The van der Waals surface area contributed by atoms with Crippen LogP contribution in [0.15, 0.2) is 71.8 Å². The molecular weight excluding hydrogens is 386 g/mol. The van der Waals surface area contributed by atoms with E-state index in [0.717, 1.165) is 45.9 Å². The maximum absolute atomic E-state index is 7.32. The Hall–Kier alpha value is -4.09. The molecule has 5 heteroatoms. The van der Waals surface area contributed by atoms with E-state index in [9.17, 15) is 0 Å². The van der Waals surface area contributed by atoms with Crippen LogP contribution in [0.4, 0.5) is 5.69 Å². The van der Waals surface area contributed by atoms with Gasteiger partial charge in [0, 0.05) is 23.5 Å². The minimum Gasteiger partial charge on any atom is -0.493 e. The van der Waals surface area contributed by atoms with Crippen molar-refractivity contribution >= 4 is 11.4 Å². The van der Waals surface area contributed by atoms with Crippen molar-refractivity contribution in [2.24, 2.45) is 5.10 Å². The lowest BCUT2D eigenvalue weighted by Gasteiger charge is -2.35. The number of hydrogen-bond acceptors (Lipinski definition) is 3. The van der Waals surface area contributed by atoms with E-state index in [4.69, 9.17) is 22.6 Å². The fraction of sp³-hybridized carbons (Fsp3) is 0.192. The van der Waals surface area contributed by atoms with Crippen molar-refractivity contribution < 1.29 is 9.47 Å². The maximum atomic E-state index is 7.32. The van der Waals surface area contributed by atoms with Gasteiger partial charge in [0.1, 0.15) is 23.3 Å². The molecule has 2 heterocycles. The Kier molecular flexibility index (Phi) is 4.86. The summed E-state index contributed by atoms with van der Waals surface area (Å²) in [6.45, 7) is 15.2. The van der Waals surface area contributed by atoms with Crippen LogP contribution in [0.3, 0.4) is 0 Å². The summed E-state index contributed by atoms with van der Waals surface area (Å²) in [6.07, 6.45) is 1.33. The molecule has 3 aromatic carbocycles. The number of hydrogen-bond donors (Lipinski definition) is 0. The second kappa shape index (κ2) is 7.97. The van der Waals surface area contributed by atoms with E-state index >= 15 is 0 Å². The van der Waals surface area contributed by atoms with Gasteiger partial charge in [-0.1, -0.05) is 42.5 Å². The van der Waals surface area contributed by atoms with Gasteiger partial charge >= 0.3 is 0 Å². The van der Waals surface area contributed by atoms with Crippen molar-refractivity contribution in [1.82, 2.24) is 0 Å². The highest BCUT2D eigenvalue weighted by Gasteiger charge is 2.36. The van der Waals surface area contributed by atoms with Crippen LogP contribution in [0, 0.1) is 13.1 Å². The van der Waals surface area contributed by atoms with Gasteiger partial charge in [0.15, 0.2) is 5.69 Å². The highest BCUT2D eigenvalue weighted by atomic mass is 16.5. The zero-order valence-corrected chi connectivity index (χ0v) is 16.8. The topological polar surface area (TPSA) is 39.5 Å². The van der Waals surface area contributed by atoms with Gasteiger partial charge in [0.2, 0.25) is 0 Å². The van der Waals surface area contributed by atoms with Gasteiger partial charge in [0.05, 0.1) is 18.3 Å². The lowest BCUT2D eigenvalue weighted by molar-refractivity contribution is 0.138. The largest absolute Gasteiger partial charge is 0.493 e. The third-order valence-corrected chi connectivity index (χ3v) is 5.90. The Labute approximate surface area is 181 Å². The fourth-order valence-corrected chi connectivity index (χ4v) is 4.43. The summed E-state index contributed by atoms with van der Waals surface area (Å²) in [4.78, 5) is 6.85. The first-order valence-electron chi connectivity index (χ1n) is 10.2. The summed E-state index contributed by atoms with van der Waals surface area (Å²) >= 11 is 0. The monoisotopic (exact) mass is 405 g/mol. The van der Waals surface area contributed by atoms with Crippen LogP contribution in [-0.2, 0) is 0 Å². The SMILES string of the molecule is [C-]#[N+]/N=C1/CC(C2CCOc3ccccc32)Oc2ccc(-c3cccc([N+]#[C-])c3)cc21. The molecule has 0 aromatic heterocycles. The molecule has 0 aliphatic carbocycles. The van der Waals surface area contributed by atoms with Crippen LogP contribution in [0.1, 0.15) is 29.9 Å². The molecule has 2 aliphatic heterocycles. The lowest BCUT2D eigenvalue weighted by atomic mass is 9.83. The molecule has 0 saturated carbocycles. The molecule has 0 amide bonds. The van der Waals surface area contributed by atoms with Crippen molar-refractivity contribution in [2.45, 2.75) is 24.9 Å². The van der Waals surface area contributed by atoms with Crippen molar-refractivity contribution in [3.63, 3.8) is 0 Å². The molecule has 2 aliphatic rings. The predicted molar refractivity (Wildman–Crippen MR) is 120 cm³/mol. The molecule has 0 saturated heterocycles. The first-order valence-corrected chi connectivity index (χ1v) is 10.2. The summed E-state index contributed by atoms with van der Waals surface area (Å²) in [5.74, 6) is 1.84. The predicted octanol–water partition coefficient (Wildman–Crippen LogP) is 6.25. The molecule has 5 rings (SSSR count). The van der Waals surface area contributed by atoms with Crippen LogP contribution in [-0.4, -0.2) is 18.4 Å². The molecular formula is C26H19N3O2. The van der Waals surface area contributed by atoms with E-state index in [-0.39, 0.29) is 12.0 Å². The first kappa shape index (κ1) is 18.9. The van der Waals surface area contributed by atoms with E-state index in [1.54, 1.807) is 6.07 Å². The summed E-state index contributed by atoms with van der Waals surface area (Å²) < 4.78 is 12.3. The molecule has 5 nitrogen and oxygen atoms in total. The summed E-state index contributed by atoms with van der Waals surface area (Å²) in [7, 11) is 0. The van der Waals surface area contributed by atoms with Crippen LogP contribution < -0.4 is 9.47 Å². The molecule has 0 N–H and O–H groups in total.